The van der Waals surface area contributed by atoms with E-state index in [0.717, 1.165) is 42.1 Å². The van der Waals surface area contributed by atoms with Crippen LogP contribution in [0.1, 0.15) is 66.9 Å². The molecule has 0 spiro atoms. The molecule has 7 heteroatoms. The van der Waals surface area contributed by atoms with Gasteiger partial charge in [-0.1, -0.05) is 40.2 Å². The fourth-order valence-corrected chi connectivity index (χ4v) is 6.02. The predicted molar refractivity (Wildman–Crippen MR) is 133 cm³/mol. The number of fused-ring (bicyclic) bond motifs is 1. The van der Waals surface area contributed by atoms with Crippen molar-refractivity contribution in [3.8, 4) is 5.75 Å². The molecule has 1 aromatic carbocycles. The number of esters is 1. The van der Waals surface area contributed by atoms with Crippen molar-refractivity contribution in [2.24, 2.45) is 11.3 Å². The Morgan fingerprint density at radius 3 is 2.66 bits per heavy atom. The van der Waals surface area contributed by atoms with Gasteiger partial charge in [-0.25, -0.2) is 4.79 Å². The smallest absolute Gasteiger partial charge is 0.341 e. The van der Waals surface area contributed by atoms with E-state index in [2.05, 4.69) is 48.9 Å². The number of aryl methyl sites for hydroxylation is 1. The van der Waals surface area contributed by atoms with Crippen molar-refractivity contribution in [1.82, 2.24) is 0 Å². The average Bonchev–Trinajstić information content (AvgIpc) is 3.09. The van der Waals surface area contributed by atoms with Gasteiger partial charge in [-0.2, -0.15) is 0 Å². The SMILES string of the molecule is CCCc1ccc(OCC(=O)Nc2sc3c(c2C(=O)OC)CCC(C(C)(C)C)C3)c(Br)c1. The van der Waals surface area contributed by atoms with E-state index < -0.39 is 5.97 Å². The molecule has 1 unspecified atom stereocenters. The van der Waals surface area contributed by atoms with E-state index >= 15 is 0 Å². The van der Waals surface area contributed by atoms with Crippen LogP contribution in [0.2, 0.25) is 0 Å². The molecule has 0 saturated heterocycles. The minimum Gasteiger partial charge on any atom is -0.483 e. The summed E-state index contributed by atoms with van der Waals surface area (Å²) in [5.74, 6) is 0.457. The predicted octanol–water partition coefficient (Wildman–Crippen LogP) is 6.42. The van der Waals surface area contributed by atoms with Crippen LogP contribution in [-0.2, 0) is 28.8 Å². The molecule has 32 heavy (non-hydrogen) atoms. The maximum Gasteiger partial charge on any atom is 0.341 e. The molecule has 2 aromatic rings. The number of rotatable bonds is 7. The van der Waals surface area contributed by atoms with Crippen LogP contribution in [0.5, 0.6) is 5.75 Å². The van der Waals surface area contributed by atoms with Gasteiger partial charge in [0.05, 0.1) is 17.1 Å². The van der Waals surface area contributed by atoms with Crippen LogP contribution in [0.4, 0.5) is 5.00 Å². The minimum atomic E-state index is -0.401. The number of thiophene rings is 1. The van der Waals surface area contributed by atoms with Crippen molar-refractivity contribution in [3.05, 3.63) is 44.2 Å². The van der Waals surface area contributed by atoms with Crippen molar-refractivity contribution >= 4 is 44.1 Å². The Morgan fingerprint density at radius 2 is 2.03 bits per heavy atom. The molecule has 1 aromatic heterocycles. The van der Waals surface area contributed by atoms with Gasteiger partial charge >= 0.3 is 5.97 Å². The van der Waals surface area contributed by atoms with E-state index in [1.54, 1.807) is 0 Å². The summed E-state index contributed by atoms with van der Waals surface area (Å²) >= 11 is 5.01. The molecule has 1 atom stereocenters. The number of ether oxygens (including phenoxy) is 2. The third kappa shape index (κ3) is 5.73. The van der Waals surface area contributed by atoms with Gasteiger partial charge < -0.3 is 14.8 Å². The number of carbonyl (C=O) groups is 2. The number of amides is 1. The molecule has 1 amide bonds. The van der Waals surface area contributed by atoms with Crippen LogP contribution in [0.15, 0.2) is 22.7 Å². The highest BCUT2D eigenvalue weighted by Gasteiger charge is 2.34. The summed E-state index contributed by atoms with van der Waals surface area (Å²) in [4.78, 5) is 26.4. The quantitative estimate of drug-likeness (QED) is 0.427. The number of methoxy groups -OCH3 is 1. The van der Waals surface area contributed by atoms with Gasteiger partial charge in [0.15, 0.2) is 6.61 Å². The lowest BCUT2D eigenvalue weighted by Crippen LogP contribution is -2.26. The minimum absolute atomic E-state index is 0.139. The van der Waals surface area contributed by atoms with E-state index in [1.807, 2.05) is 18.2 Å². The van der Waals surface area contributed by atoms with Crippen molar-refractivity contribution in [2.45, 2.75) is 59.8 Å². The Labute approximate surface area is 203 Å². The number of hydrogen-bond acceptors (Lipinski definition) is 5. The number of nitrogens with one attached hydrogen (secondary N) is 1. The first-order chi connectivity index (χ1) is 15.1. The zero-order valence-electron chi connectivity index (χ0n) is 19.5. The molecule has 0 aliphatic heterocycles. The van der Waals surface area contributed by atoms with Crippen LogP contribution in [0.3, 0.4) is 0 Å². The largest absolute Gasteiger partial charge is 0.483 e. The van der Waals surface area contributed by atoms with Crippen molar-refractivity contribution in [1.29, 1.82) is 0 Å². The summed E-state index contributed by atoms with van der Waals surface area (Å²) in [5, 5.41) is 3.45. The Bertz CT molecular complexity index is 993. The van der Waals surface area contributed by atoms with Crippen LogP contribution < -0.4 is 10.1 Å². The summed E-state index contributed by atoms with van der Waals surface area (Å²) < 4.78 is 11.6. The third-order valence-corrected chi connectivity index (χ3v) is 7.82. The highest BCUT2D eigenvalue weighted by atomic mass is 79.9. The number of hydrogen-bond donors (Lipinski definition) is 1. The first-order valence-corrected chi connectivity index (χ1v) is 12.7. The average molecular weight is 523 g/mol. The van der Waals surface area contributed by atoms with Gasteiger partial charge in [-0.05, 0) is 76.2 Å². The molecule has 1 heterocycles. The van der Waals surface area contributed by atoms with E-state index in [1.165, 1.54) is 28.9 Å². The molecule has 0 radical (unpaired) electrons. The number of carbonyl (C=O) groups excluding carboxylic acids is 2. The molecule has 1 aliphatic carbocycles. The van der Waals surface area contributed by atoms with Gasteiger partial charge in [0, 0.05) is 4.88 Å². The van der Waals surface area contributed by atoms with Crippen LogP contribution in [0, 0.1) is 11.3 Å². The molecule has 1 aliphatic rings. The summed E-state index contributed by atoms with van der Waals surface area (Å²) in [7, 11) is 1.38. The summed E-state index contributed by atoms with van der Waals surface area (Å²) in [6, 6.07) is 5.90. The Kier molecular flexibility index (Phi) is 8.04. The van der Waals surface area contributed by atoms with E-state index in [4.69, 9.17) is 9.47 Å². The molecule has 1 N–H and O–H groups in total. The molecule has 0 bridgehead atoms. The Morgan fingerprint density at radius 1 is 1.28 bits per heavy atom. The monoisotopic (exact) mass is 521 g/mol. The van der Waals surface area contributed by atoms with Crippen molar-refractivity contribution in [3.63, 3.8) is 0 Å². The topological polar surface area (TPSA) is 64.6 Å². The first kappa shape index (κ1) is 24.8. The van der Waals surface area contributed by atoms with Gasteiger partial charge in [-0.15, -0.1) is 11.3 Å². The summed E-state index contributed by atoms with van der Waals surface area (Å²) in [6.07, 6.45) is 4.82. The fraction of sp³-hybridized carbons (Fsp3) is 0.520. The normalized spacial score (nSPS) is 15.8. The van der Waals surface area contributed by atoms with Crippen molar-refractivity contribution in [2.75, 3.05) is 19.0 Å². The van der Waals surface area contributed by atoms with E-state index in [-0.39, 0.29) is 17.9 Å². The number of anilines is 1. The molecule has 5 nitrogen and oxygen atoms in total. The van der Waals surface area contributed by atoms with Crippen molar-refractivity contribution < 1.29 is 19.1 Å². The summed E-state index contributed by atoms with van der Waals surface area (Å²) in [6.45, 7) is 8.76. The zero-order valence-corrected chi connectivity index (χ0v) is 21.9. The molecule has 174 valence electrons. The van der Waals surface area contributed by atoms with Crippen LogP contribution >= 0.6 is 27.3 Å². The molecule has 3 rings (SSSR count). The Hall–Kier alpha value is -1.86. The Balaban J connectivity index is 1.73. The molecular formula is C25H32BrNO4S. The molecular weight excluding hydrogens is 490 g/mol. The maximum atomic E-state index is 12.7. The standard InChI is InChI=1S/C25H32BrNO4S/c1-6-7-15-8-11-19(18(26)12-15)31-14-21(28)27-23-22(24(29)30-5)17-10-9-16(25(2,3)4)13-20(17)32-23/h8,11-12,16H,6-7,9-10,13-14H2,1-5H3,(H,27,28). The highest BCUT2D eigenvalue weighted by molar-refractivity contribution is 9.10. The number of benzene rings is 1. The third-order valence-electron chi connectivity index (χ3n) is 6.03. The lowest BCUT2D eigenvalue weighted by molar-refractivity contribution is -0.118. The lowest BCUT2D eigenvalue weighted by Gasteiger charge is -2.33. The van der Waals surface area contributed by atoms with Gasteiger partial charge in [0.2, 0.25) is 0 Å². The second kappa shape index (κ2) is 10.4. The summed E-state index contributed by atoms with van der Waals surface area (Å²) in [5.41, 5.74) is 2.94. The van der Waals surface area contributed by atoms with E-state index in [0.29, 0.717) is 22.2 Å². The second-order valence-corrected chi connectivity index (χ2v) is 11.3. The van der Waals surface area contributed by atoms with Gasteiger partial charge in [0.25, 0.3) is 5.91 Å². The maximum absolute atomic E-state index is 12.7. The van der Waals surface area contributed by atoms with Crippen LogP contribution in [-0.4, -0.2) is 25.6 Å². The second-order valence-electron chi connectivity index (χ2n) is 9.36. The number of halogens is 1. The highest BCUT2D eigenvalue weighted by Crippen LogP contribution is 2.44. The van der Waals surface area contributed by atoms with Gasteiger partial charge in [0.1, 0.15) is 10.8 Å². The molecule has 0 saturated carbocycles. The lowest BCUT2D eigenvalue weighted by atomic mass is 9.72. The van der Waals surface area contributed by atoms with E-state index in [9.17, 15) is 9.59 Å². The van der Waals surface area contributed by atoms with Gasteiger partial charge in [-0.3, -0.25) is 4.79 Å². The fourth-order valence-electron chi connectivity index (χ4n) is 4.14. The van der Waals surface area contributed by atoms with Crippen LogP contribution in [0.25, 0.3) is 0 Å². The zero-order chi connectivity index (χ0) is 23.5. The first-order valence-electron chi connectivity index (χ1n) is 11.1. The molecule has 0 fully saturated rings.